The summed E-state index contributed by atoms with van der Waals surface area (Å²) in [5, 5.41) is 4.41. The number of para-hydroxylation sites is 1. The fourth-order valence-electron chi connectivity index (χ4n) is 5.26. The van der Waals surface area contributed by atoms with E-state index in [0.29, 0.717) is 17.6 Å². The van der Waals surface area contributed by atoms with Gasteiger partial charge in [0.1, 0.15) is 4.83 Å². The Kier molecular flexibility index (Phi) is 7.78. The lowest BCUT2D eigenvalue weighted by atomic mass is 9.72. The van der Waals surface area contributed by atoms with Crippen LogP contribution in [0.4, 0.5) is 5.69 Å². The summed E-state index contributed by atoms with van der Waals surface area (Å²) in [7, 11) is 0. The van der Waals surface area contributed by atoms with E-state index < -0.39 is 0 Å². The molecular weight excluding hydrogens is 510 g/mol. The molecule has 2 aromatic carbocycles. The largest absolute Gasteiger partial charge is 0.325 e. The molecule has 1 N–H and O–H groups in total. The zero-order valence-corrected chi connectivity index (χ0v) is 24.2. The summed E-state index contributed by atoms with van der Waals surface area (Å²) in [6.45, 7) is 9.42. The van der Waals surface area contributed by atoms with E-state index in [9.17, 15) is 9.59 Å². The van der Waals surface area contributed by atoms with Gasteiger partial charge in [0.25, 0.3) is 5.56 Å². The maximum Gasteiger partial charge on any atom is 0.263 e. The molecule has 38 heavy (non-hydrogen) atoms. The van der Waals surface area contributed by atoms with E-state index in [4.69, 9.17) is 4.98 Å². The molecule has 0 aliphatic heterocycles. The molecule has 5 rings (SSSR count). The maximum atomic E-state index is 14.0. The average Bonchev–Trinajstić information content (AvgIpc) is 3.27. The minimum atomic E-state index is -0.102. The summed E-state index contributed by atoms with van der Waals surface area (Å²) in [4.78, 5) is 34.0. The van der Waals surface area contributed by atoms with Crippen molar-refractivity contribution in [3.05, 3.63) is 86.5 Å². The molecule has 0 spiro atoms. The molecule has 7 heteroatoms. The molecule has 1 aliphatic rings. The number of nitrogens with zero attached hydrogens (tertiary/aromatic N) is 2. The highest BCUT2D eigenvalue weighted by Crippen LogP contribution is 2.42. The molecule has 1 amide bonds. The van der Waals surface area contributed by atoms with Crippen molar-refractivity contribution in [2.24, 2.45) is 11.3 Å². The van der Waals surface area contributed by atoms with Crippen molar-refractivity contribution in [1.82, 2.24) is 9.55 Å². The second-order valence-electron chi connectivity index (χ2n) is 11.1. The van der Waals surface area contributed by atoms with Gasteiger partial charge in [0.2, 0.25) is 5.91 Å². The average molecular weight is 546 g/mol. The number of amides is 1. The number of anilines is 1. The third kappa shape index (κ3) is 5.59. The monoisotopic (exact) mass is 545 g/mol. The first kappa shape index (κ1) is 26.7. The Hall–Kier alpha value is -2.90. The Morgan fingerprint density at radius 3 is 2.61 bits per heavy atom. The highest BCUT2D eigenvalue weighted by molar-refractivity contribution is 7.99. The van der Waals surface area contributed by atoms with Gasteiger partial charge in [0.05, 0.1) is 17.7 Å². The molecule has 2 aromatic heterocycles. The number of nitrogens with one attached hydrogen (secondary N) is 1. The van der Waals surface area contributed by atoms with Gasteiger partial charge in [0.15, 0.2) is 5.16 Å². The quantitative estimate of drug-likeness (QED) is 0.202. The van der Waals surface area contributed by atoms with Gasteiger partial charge < -0.3 is 5.32 Å². The van der Waals surface area contributed by atoms with Crippen LogP contribution < -0.4 is 10.9 Å². The van der Waals surface area contributed by atoms with Crippen LogP contribution in [0.3, 0.4) is 0 Å². The predicted molar refractivity (Wildman–Crippen MR) is 160 cm³/mol. The number of thioether (sulfide) groups is 1. The van der Waals surface area contributed by atoms with Crippen molar-refractivity contribution in [2.75, 3.05) is 11.1 Å². The van der Waals surface area contributed by atoms with Crippen LogP contribution in [0.25, 0.3) is 10.2 Å². The lowest BCUT2D eigenvalue weighted by Crippen LogP contribution is -2.28. The lowest BCUT2D eigenvalue weighted by Gasteiger charge is -2.33. The minimum absolute atomic E-state index is 0.00444. The molecule has 5 nitrogen and oxygen atoms in total. The van der Waals surface area contributed by atoms with Gasteiger partial charge in [-0.3, -0.25) is 14.2 Å². The standard InChI is InChI=1S/C31H35N3O2S2/c1-5-21-13-9-10-14-24(21)32-26(35)19-37-30-33-28-27(29(36)34(30)18-20-11-7-6-8-12-20)23-16-15-22(31(2,3)4)17-25(23)38-28/h6-14,22H,5,15-19H2,1-4H3,(H,32,35)/t22-/m1/s1. The van der Waals surface area contributed by atoms with E-state index in [1.807, 2.05) is 54.6 Å². The summed E-state index contributed by atoms with van der Waals surface area (Å²) < 4.78 is 1.76. The zero-order chi connectivity index (χ0) is 26.9. The SMILES string of the molecule is CCc1ccccc1NC(=O)CSc1nc2sc3c(c2c(=O)n1Cc1ccccc1)CC[C@@H](C(C)(C)C)C3. The molecular formula is C31H35N3O2S2. The number of thiophene rings is 1. The van der Waals surface area contributed by atoms with Crippen LogP contribution in [0, 0.1) is 11.3 Å². The zero-order valence-electron chi connectivity index (χ0n) is 22.5. The Labute approximate surface area is 232 Å². The fourth-order valence-corrected chi connectivity index (χ4v) is 7.40. The molecule has 4 aromatic rings. The molecule has 1 aliphatic carbocycles. The molecule has 0 fully saturated rings. The second-order valence-corrected chi connectivity index (χ2v) is 13.1. The smallest absolute Gasteiger partial charge is 0.263 e. The molecule has 1 atom stereocenters. The van der Waals surface area contributed by atoms with Gasteiger partial charge in [-0.1, -0.05) is 88.0 Å². The first-order valence-corrected chi connectivity index (χ1v) is 15.1. The van der Waals surface area contributed by atoms with E-state index in [1.165, 1.54) is 22.2 Å². The first-order valence-electron chi connectivity index (χ1n) is 13.3. The summed E-state index contributed by atoms with van der Waals surface area (Å²) in [5.74, 6) is 0.676. The summed E-state index contributed by atoms with van der Waals surface area (Å²) in [6, 6.07) is 17.9. The normalized spacial score (nSPS) is 15.4. The van der Waals surface area contributed by atoms with Crippen LogP contribution in [0.15, 0.2) is 64.5 Å². The summed E-state index contributed by atoms with van der Waals surface area (Å²) in [5.41, 5.74) is 4.41. The number of rotatable bonds is 7. The number of carbonyl (C=O) groups is 1. The van der Waals surface area contributed by atoms with Crippen molar-refractivity contribution in [2.45, 2.75) is 65.1 Å². The van der Waals surface area contributed by atoms with Crippen molar-refractivity contribution >= 4 is 44.9 Å². The topological polar surface area (TPSA) is 64.0 Å². The number of fused-ring (bicyclic) bond motifs is 3. The number of aryl methyl sites for hydroxylation is 2. The second kappa shape index (κ2) is 11.1. The van der Waals surface area contributed by atoms with Gasteiger partial charge in [-0.2, -0.15) is 0 Å². The predicted octanol–water partition coefficient (Wildman–Crippen LogP) is 6.95. The highest BCUT2D eigenvalue weighted by Gasteiger charge is 2.32. The number of benzene rings is 2. The van der Waals surface area contributed by atoms with E-state index in [2.05, 4.69) is 33.0 Å². The summed E-state index contributed by atoms with van der Waals surface area (Å²) in [6.07, 6.45) is 3.86. The van der Waals surface area contributed by atoms with Crippen molar-refractivity contribution < 1.29 is 4.79 Å². The maximum absolute atomic E-state index is 14.0. The van der Waals surface area contributed by atoms with Crippen molar-refractivity contribution in [3.63, 3.8) is 0 Å². The van der Waals surface area contributed by atoms with Gasteiger partial charge in [-0.05, 0) is 59.8 Å². The van der Waals surface area contributed by atoms with E-state index in [1.54, 1.807) is 15.9 Å². The Balaban J connectivity index is 1.48. The van der Waals surface area contributed by atoms with Gasteiger partial charge in [0, 0.05) is 10.6 Å². The number of hydrogen-bond donors (Lipinski definition) is 1. The van der Waals surface area contributed by atoms with Crippen molar-refractivity contribution in [1.29, 1.82) is 0 Å². The van der Waals surface area contributed by atoms with E-state index in [0.717, 1.165) is 52.7 Å². The lowest BCUT2D eigenvalue weighted by molar-refractivity contribution is -0.113. The van der Waals surface area contributed by atoms with Gasteiger partial charge in [-0.25, -0.2) is 4.98 Å². The van der Waals surface area contributed by atoms with Crippen LogP contribution >= 0.6 is 23.1 Å². The van der Waals surface area contributed by atoms with Crippen LogP contribution in [-0.2, 0) is 30.6 Å². The fraction of sp³-hybridized carbons (Fsp3) is 0.387. The Morgan fingerprint density at radius 1 is 1.13 bits per heavy atom. The Morgan fingerprint density at radius 2 is 1.87 bits per heavy atom. The number of hydrogen-bond acceptors (Lipinski definition) is 5. The molecule has 0 unspecified atom stereocenters. The van der Waals surface area contributed by atoms with Crippen LogP contribution in [-0.4, -0.2) is 21.2 Å². The van der Waals surface area contributed by atoms with Crippen LogP contribution in [0.1, 0.15) is 55.7 Å². The van der Waals surface area contributed by atoms with Gasteiger partial charge in [-0.15, -0.1) is 11.3 Å². The van der Waals surface area contributed by atoms with Crippen LogP contribution in [0.5, 0.6) is 0 Å². The first-order chi connectivity index (χ1) is 18.2. The molecule has 0 radical (unpaired) electrons. The molecule has 0 saturated carbocycles. The Bertz CT molecular complexity index is 1520. The number of carbonyl (C=O) groups excluding carboxylic acids is 1. The molecule has 0 saturated heterocycles. The van der Waals surface area contributed by atoms with Crippen molar-refractivity contribution in [3.8, 4) is 0 Å². The molecule has 2 heterocycles. The number of aromatic nitrogens is 2. The highest BCUT2D eigenvalue weighted by atomic mass is 32.2. The third-order valence-corrected chi connectivity index (χ3v) is 9.67. The van der Waals surface area contributed by atoms with Crippen LogP contribution in [0.2, 0.25) is 0 Å². The minimum Gasteiger partial charge on any atom is -0.325 e. The molecule has 198 valence electrons. The van der Waals surface area contributed by atoms with E-state index in [-0.39, 0.29) is 22.6 Å². The third-order valence-electron chi connectivity index (χ3n) is 7.55. The summed E-state index contributed by atoms with van der Waals surface area (Å²) >= 11 is 3.00. The van der Waals surface area contributed by atoms with E-state index >= 15 is 0 Å². The van der Waals surface area contributed by atoms with Gasteiger partial charge >= 0.3 is 0 Å². The molecule has 0 bridgehead atoms.